The molecular weight excluding hydrogens is 298 g/mol. The summed E-state index contributed by atoms with van der Waals surface area (Å²) in [5, 5.41) is 21.7. The number of aromatic nitrogens is 6. The van der Waals surface area contributed by atoms with Crippen molar-refractivity contribution >= 4 is 22.8 Å². The monoisotopic (exact) mass is 309 g/mol. The molecule has 4 aromatic rings. The maximum absolute atomic E-state index is 4.63. The van der Waals surface area contributed by atoms with Crippen LogP contribution < -0.4 is 5.32 Å². The fourth-order valence-corrected chi connectivity index (χ4v) is 2.85. The van der Waals surface area contributed by atoms with E-state index in [0.29, 0.717) is 18.0 Å². The standard InChI is InChI=1S/C14H11N7S/c1-2-4-10(5-3-1)14-16-11(9-22-14)8-15-12-6-7-13-17-19-20-21(13)18-12/h1-7,9H,8H2,(H,15,18). The van der Waals surface area contributed by atoms with Crippen molar-refractivity contribution < 1.29 is 0 Å². The first kappa shape index (κ1) is 12.8. The first-order valence-electron chi connectivity index (χ1n) is 6.68. The zero-order chi connectivity index (χ0) is 14.8. The fourth-order valence-electron chi connectivity index (χ4n) is 2.03. The molecule has 0 spiro atoms. The third kappa shape index (κ3) is 2.51. The van der Waals surface area contributed by atoms with Gasteiger partial charge in [-0.15, -0.1) is 26.2 Å². The van der Waals surface area contributed by atoms with Crippen LogP contribution in [-0.2, 0) is 6.54 Å². The van der Waals surface area contributed by atoms with E-state index in [1.54, 1.807) is 11.3 Å². The van der Waals surface area contributed by atoms with Crippen LogP contribution in [0.15, 0.2) is 47.8 Å². The summed E-state index contributed by atoms with van der Waals surface area (Å²) in [6.07, 6.45) is 0. The van der Waals surface area contributed by atoms with Crippen molar-refractivity contribution in [2.24, 2.45) is 0 Å². The highest BCUT2D eigenvalue weighted by Gasteiger charge is 2.05. The Morgan fingerprint density at radius 2 is 2.00 bits per heavy atom. The molecule has 0 bridgehead atoms. The van der Waals surface area contributed by atoms with Crippen molar-refractivity contribution in [3.05, 3.63) is 53.5 Å². The summed E-state index contributed by atoms with van der Waals surface area (Å²) in [7, 11) is 0. The third-order valence-electron chi connectivity index (χ3n) is 3.09. The first-order valence-corrected chi connectivity index (χ1v) is 7.55. The van der Waals surface area contributed by atoms with Crippen LogP contribution in [0.2, 0.25) is 0 Å². The van der Waals surface area contributed by atoms with E-state index in [-0.39, 0.29) is 0 Å². The van der Waals surface area contributed by atoms with Crippen LogP contribution in [0.4, 0.5) is 5.82 Å². The van der Waals surface area contributed by atoms with Gasteiger partial charge in [0, 0.05) is 10.9 Å². The van der Waals surface area contributed by atoms with E-state index in [2.05, 4.69) is 43.1 Å². The number of nitrogens with zero attached hydrogens (tertiary/aromatic N) is 6. The van der Waals surface area contributed by atoms with Crippen molar-refractivity contribution in [1.82, 2.24) is 30.2 Å². The largest absolute Gasteiger partial charge is 0.363 e. The van der Waals surface area contributed by atoms with Gasteiger partial charge < -0.3 is 5.32 Å². The maximum Gasteiger partial charge on any atom is 0.200 e. The van der Waals surface area contributed by atoms with Gasteiger partial charge in [-0.2, -0.15) is 0 Å². The average Bonchev–Trinajstić information content (AvgIpc) is 3.22. The second-order valence-corrected chi connectivity index (χ2v) is 5.47. The van der Waals surface area contributed by atoms with Gasteiger partial charge in [0.1, 0.15) is 10.8 Å². The zero-order valence-corrected chi connectivity index (χ0v) is 12.2. The van der Waals surface area contributed by atoms with E-state index in [9.17, 15) is 0 Å². The number of nitrogens with one attached hydrogen (secondary N) is 1. The molecule has 4 rings (SSSR count). The molecule has 1 N–H and O–H groups in total. The van der Waals surface area contributed by atoms with Crippen molar-refractivity contribution in [3.63, 3.8) is 0 Å². The molecule has 7 nitrogen and oxygen atoms in total. The summed E-state index contributed by atoms with van der Waals surface area (Å²) in [5.74, 6) is 0.703. The van der Waals surface area contributed by atoms with E-state index in [1.807, 2.05) is 35.7 Å². The highest BCUT2D eigenvalue weighted by atomic mass is 32.1. The summed E-state index contributed by atoms with van der Waals surface area (Å²) < 4.78 is 1.39. The van der Waals surface area contributed by atoms with E-state index < -0.39 is 0 Å². The molecule has 0 saturated heterocycles. The lowest BCUT2D eigenvalue weighted by atomic mass is 10.2. The molecule has 22 heavy (non-hydrogen) atoms. The summed E-state index contributed by atoms with van der Waals surface area (Å²) >= 11 is 1.63. The van der Waals surface area contributed by atoms with Gasteiger partial charge in [-0.05, 0) is 22.6 Å². The molecule has 8 heteroatoms. The third-order valence-corrected chi connectivity index (χ3v) is 4.03. The lowest BCUT2D eigenvalue weighted by molar-refractivity contribution is 0.733. The van der Waals surface area contributed by atoms with Crippen LogP contribution >= 0.6 is 11.3 Å². The van der Waals surface area contributed by atoms with Crippen LogP contribution in [0.25, 0.3) is 16.2 Å². The molecule has 0 saturated carbocycles. The highest BCUT2D eigenvalue weighted by molar-refractivity contribution is 7.13. The van der Waals surface area contributed by atoms with Crippen LogP contribution in [0.5, 0.6) is 0 Å². The Morgan fingerprint density at radius 3 is 2.91 bits per heavy atom. The molecule has 1 aromatic carbocycles. The molecule has 0 atom stereocenters. The molecule has 0 aliphatic carbocycles. The fraction of sp³-hybridized carbons (Fsp3) is 0.0714. The smallest absolute Gasteiger partial charge is 0.200 e. The Hall–Kier alpha value is -2.87. The topological polar surface area (TPSA) is 80.9 Å². The minimum absolute atomic E-state index is 0.601. The second-order valence-electron chi connectivity index (χ2n) is 4.61. The Morgan fingerprint density at radius 1 is 1.09 bits per heavy atom. The van der Waals surface area contributed by atoms with Crippen molar-refractivity contribution in [2.45, 2.75) is 6.54 Å². The van der Waals surface area contributed by atoms with Crippen LogP contribution in [0, 0.1) is 0 Å². The van der Waals surface area contributed by atoms with Gasteiger partial charge in [-0.25, -0.2) is 4.98 Å². The molecule has 0 radical (unpaired) electrons. The molecular formula is C14H11N7S. The van der Waals surface area contributed by atoms with Gasteiger partial charge in [0.2, 0.25) is 0 Å². The van der Waals surface area contributed by atoms with E-state index in [4.69, 9.17) is 0 Å². The number of fused-ring (bicyclic) bond motifs is 1. The normalized spacial score (nSPS) is 10.9. The first-order chi connectivity index (χ1) is 10.9. The van der Waals surface area contributed by atoms with Crippen molar-refractivity contribution in [1.29, 1.82) is 0 Å². The Kier molecular flexibility index (Phi) is 3.20. The van der Waals surface area contributed by atoms with Gasteiger partial charge >= 0.3 is 0 Å². The number of thiazole rings is 1. The Labute approximate surface area is 129 Å². The number of tetrazole rings is 1. The molecule has 0 fully saturated rings. The quantitative estimate of drug-likeness (QED) is 0.623. The molecule has 0 aliphatic heterocycles. The van der Waals surface area contributed by atoms with E-state index in [1.165, 1.54) is 4.63 Å². The lowest BCUT2D eigenvalue weighted by Gasteiger charge is -2.02. The predicted molar refractivity (Wildman–Crippen MR) is 83.5 cm³/mol. The van der Waals surface area contributed by atoms with Gasteiger partial charge in [-0.1, -0.05) is 30.3 Å². The van der Waals surface area contributed by atoms with E-state index in [0.717, 1.165) is 16.3 Å². The molecule has 3 aromatic heterocycles. The molecule has 0 aliphatic rings. The SMILES string of the molecule is c1ccc(-c2nc(CNc3ccc4nnnn4n3)cs2)cc1. The molecule has 0 unspecified atom stereocenters. The molecule has 3 heterocycles. The highest BCUT2D eigenvalue weighted by Crippen LogP contribution is 2.23. The summed E-state index contributed by atoms with van der Waals surface area (Å²) in [6, 6.07) is 13.8. The Balaban J connectivity index is 1.48. The van der Waals surface area contributed by atoms with Gasteiger partial charge in [0.05, 0.1) is 12.2 Å². The lowest BCUT2D eigenvalue weighted by Crippen LogP contribution is -2.05. The minimum atomic E-state index is 0.601. The summed E-state index contributed by atoms with van der Waals surface area (Å²) in [5.41, 5.74) is 2.72. The van der Waals surface area contributed by atoms with Crippen LogP contribution in [-0.4, -0.2) is 30.2 Å². The molecule has 0 amide bonds. The van der Waals surface area contributed by atoms with E-state index >= 15 is 0 Å². The average molecular weight is 309 g/mol. The summed E-state index contributed by atoms with van der Waals surface area (Å²) in [6.45, 7) is 0.601. The van der Waals surface area contributed by atoms with Crippen molar-refractivity contribution in [3.8, 4) is 10.6 Å². The summed E-state index contributed by atoms with van der Waals surface area (Å²) in [4.78, 5) is 4.63. The second kappa shape index (κ2) is 5.49. The predicted octanol–water partition coefficient (Wildman–Crippen LogP) is 2.25. The molecule has 108 valence electrons. The van der Waals surface area contributed by atoms with Crippen LogP contribution in [0.3, 0.4) is 0 Å². The number of hydrogen-bond donors (Lipinski definition) is 1. The van der Waals surface area contributed by atoms with Crippen LogP contribution in [0.1, 0.15) is 5.69 Å². The minimum Gasteiger partial charge on any atom is -0.363 e. The number of benzene rings is 1. The number of anilines is 1. The number of hydrogen-bond acceptors (Lipinski definition) is 7. The number of rotatable bonds is 4. The maximum atomic E-state index is 4.63. The van der Waals surface area contributed by atoms with Gasteiger partial charge in [-0.3, -0.25) is 0 Å². The zero-order valence-electron chi connectivity index (χ0n) is 11.4. The van der Waals surface area contributed by atoms with Gasteiger partial charge in [0.25, 0.3) is 0 Å². The van der Waals surface area contributed by atoms with Gasteiger partial charge in [0.15, 0.2) is 5.65 Å². The van der Waals surface area contributed by atoms with Crippen molar-refractivity contribution in [2.75, 3.05) is 5.32 Å². The Bertz CT molecular complexity index is 900.